The van der Waals surface area contributed by atoms with Crippen LogP contribution >= 0.6 is 0 Å². The monoisotopic (exact) mass is 278 g/mol. The van der Waals surface area contributed by atoms with Crippen molar-refractivity contribution >= 4 is 5.91 Å². The Morgan fingerprint density at radius 1 is 1.30 bits per heavy atom. The van der Waals surface area contributed by atoms with Crippen LogP contribution in [0.15, 0.2) is 24.3 Å². The number of hydrogen-bond acceptors (Lipinski definition) is 3. The number of rotatable bonds is 5. The fourth-order valence-electron chi connectivity index (χ4n) is 1.84. The average molecular weight is 278 g/mol. The molecule has 0 saturated heterocycles. The topological polar surface area (TPSA) is 75.3 Å². The highest BCUT2D eigenvalue weighted by atomic mass is 16.3. The fourth-order valence-corrected chi connectivity index (χ4v) is 1.84. The molecule has 0 spiro atoms. The van der Waals surface area contributed by atoms with Crippen LogP contribution in [0.2, 0.25) is 0 Å². The molecule has 1 rings (SSSR count). The second-order valence-corrected chi connectivity index (χ2v) is 6.46. The van der Waals surface area contributed by atoms with E-state index in [4.69, 9.17) is 5.73 Å². The first-order valence-corrected chi connectivity index (χ1v) is 7.04. The normalized spacial score (nSPS) is 14.7. The zero-order valence-corrected chi connectivity index (χ0v) is 12.8. The molecule has 1 amide bonds. The standard InChI is InChI=1S/C16H26N2O2/c1-11(18-15(20)14(17)16(2,3)4)5-6-12-7-9-13(19)10-8-12/h7-11,14,19H,5-6,17H2,1-4H3,(H,18,20). The van der Waals surface area contributed by atoms with E-state index in [1.807, 2.05) is 39.8 Å². The van der Waals surface area contributed by atoms with E-state index >= 15 is 0 Å². The first-order chi connectivity index (χ1) is 9.20. The summed E-state index contributed by atoms with van der Waals surface area (Å²) in [6, 6.07) is 6.71. The Morgan fingerprint density at radius 2 is 1.85 bits per heavy atom. The summed E-state index contributed by atoms with van der Waals surface area (Å²) in [7, 11) is 0. The van der Waals surface area contributed by atoms with Crippen LogP contribution in [-0.4, -0.2) is 23.1 Å². The molecule has 0 aliphatic rings. The van der Waals surface area contributed by atoms with Gasteiger partial charge in [0.05, 0.1) is 6.04 Å². The van der Waals surface area contributed by atoms with Gasteiger partial charge in [0.2, 0.25) is 5.91 Å². The van der Waals surface area contributed by atoms with Crippen LogP contribution in [0.4, 0.5) is 0 Å². The molecule has 0 fully saturated rings. The minimum Gasteiger partial charge on any atom is -0.508 e. The summed E-state index contributed by atoms with van der Waals surface area (Å²) in [5.41, 5.74) is 6.83. The molecule has 4 heteroatoms. The van der Waals surface area contributed by atoms with Crippen LogP contribution in [0.5, 0.6) is 5.75 Å². The molecule has 20 heavy (non-hydrogen) atoms. The number of phenolic OH excluding ortho intramolecular Hbond substituents is 1. The number of phenols is 1. The van der Waals surface area contributed by atoms with Gasteiger partial charge in [0.1, 0.15) is 5.75 Å². The SMILES string of the molecule is CC(CCc1ccc(O)cc1)NC(=O)C(N)C(C)(C)C. The number of carbonyl (C=O) groups excluding carboxylic acids is 1. The van der Waals surface area contributed by atoms with Gasteiger partial charge >= 0.3 is 0 Å². The minimum absolute atomic E-state index is 0.0738. The van der Waals surface area contributed by atoms with Crippen molar-refractivity contribution in [2.75, 3.05) is 0 Å². The van der Waals surface area contributed by atoms with Crippen molar-refractivity contribution in [3.63, 3.8) is 0 Å². The van der Waals surface area contributed by atoms with E-state index in [1.54, 1.807) is 12.1 Å². The highest BCUT2D eigenvalue weighted by Gasteiger charge is 2.27. The summed E-state index contributed by atoms with van der Waals surface area (Å²) >= 11 is 0. The number of nitrogens with one attached hydrogen (secondary N) is 1. The Hall–Kier alpha value is -1.55. The number of amides is 1. The molecule has 2 unspecified atom stereocenters. The van der Waals surface area contributed by atoms with Crippen molar-refractivity contribution in [1.29, 1.82) is 0 Å². The van der Waals surface area contributed by atoms with Gasteiger partial charge in [-0.1, -0.05) is 32.9 Å². The van der Waals surface area contributed by atoms with Crippen LogP contribution < -0.4 is 11.1 Å². The van der Waals surface area contributed by atoms with Gasteiger partial charge in [-0.15, -0.1) is 0 Å². The summed E-state index contributed by atoms with van der Waals surface area (Å²) in [6.07, 6.45) is 1.69. The Balaban J connectivity index is 2.42. The molecule has 0 aromatic heterocycles. The third-order valence-electron chi connectivity index (χ3n) is 3.41. The molecule has 0 bridgehead atoms. The number of hydrogen-bond donors (Lipinski definition) is 3. The van der Waals surface area contributed by atoms with E-state index in [-0.39, 0.29) is 23.1 Å². The van der Waals surface area contributed by atoms with Crippen molar-refractivity contribution in [2.24, 2.45) is 11.1 Å². The first-order valence-electron chi connectivity index (χ1n) is 7.04. The number of nitrogens with two attached hydrogens (primary N) is 1. The van der Waals surface area contributed by atoms with Crippen molar-refractivity contribution in [3.05, 3.63) is 29.8 Å². The molecule has 4 nitrogen and oxygen atoms in total. The van der Waals surface area contributed by atoms with Gasteiger partial charge in [-0.05, 0) is 42.9 Å². The van der Waals surface area contributed by atoms with Gasteiger partial charge in [0, 0.05) is 6.04 Å². The zero-order valence-electron chi connectivity index (χ0n) is 12.8. The summed E-state index contributed by atoms with van der Waals surface area (Å²) in [5.74, 6) is 0.168. The Bertz CT molecular complexity index is 435. The predicted molar refractivity (Wildman–Crippen MR) is 81.5 cm³/mol. The second-order valence-electron chi connectivity index (χ2n) is 6.46. The van der Waals surface area contributed by atoms with E-state index < -0.39 is 6.04 Å². The van der Waals surface area contributed by atoms with Crippen LogP contribution in [0, 0.1) is 5.41 Å². The van der Waals surface area contributed by atoms with Crippen LogP contribution in [0.3, 0.4) is 0 Å². The average Bonchev–Trinajstić information content (AvgIpc) is 2.36. The highest BCUT2D eigenvalue weighted by molar-refractivity contribution is 5.82. The molecule has 0 radical (unpaired) electrons. The van der Waals surface area contributed by atoms with Crippen LogP contribution in [0.25, 0.3) is 0 Å². The first kappa shape index (κ1) is 16.5. The van der Waals surface area contributed by atoms with E-state index in [0.29, 0.717) is 0 Å². The van der Waals surface area contributed by atoms with Crippen LogP contribution in [0.1, 0.15) is 39.7 Å². The maximum absolute atomic E-state index is 12.0. The Labute approximate surface area is 121 Å². The molecule has 1 aromatic carbocycles. The maximum Gasteiger partial charge on any atom is 0.237 e. The second kappa shape index (κ2) is 6.75. The zero-order chi connectivity index (χ0) is 15.3. The fraction of sp³-hybridized carbons (Fsp3) is 0.562. The maximum atomic E-state index is 12.0. The molecule has 0 heterocycles. The van der Waals surface area contributed by atoms with E-state index in [1.165, 1.54) is 0 Å². The molecule has 1 aromatic rings. The van der Waals surface area contributed by atoms with Crippen LogP contribution in [-0.2, 0) is 11.2 Å². The predicted octanol–water partition coefficient (Wildman–Crippen LogP) is 2.20. The number of aryl methyl sites for hydroxylation is 1. The van der Waals surface area contributed by atoms with Crippen molar-refractivity contribution < 1.29 is 9.90 Å². The molecule has 0 aliphatic carbocycles. The lowest BCUT2D eigenvalue weighted by atomic mass is 9.87. The molecule has 2 atom stereocenters. The third-order valence-corrected chi connectivity index (χ3v) is 3.41. The molecular weight excluding hydrogens is 252 g/mol. The van der Waals surface area contributed by atoms with Gasteiger partial charge in [0.15, 0.2) is 0 Å². The Kier molecular flexibility index (Phi) is 5.57. The summed E-state index contributed by atoms with van der Waals surface area (Å²) < 4.78 is 0. The lowest BCUT2D eigenvalue weighted by molar-refractivity contribution is -0.125. The Morgan fingerprint density at radius 3 is 2.35 bits per heavy atom. The lowest BCUT2D eigenvalue weighted by Crippen LogP contribution is -2.50. The quantitative estimate of drug-likeness (QED) is 0.773. The molecule has 0 saturated carbocycles. The van der Waals surface area contributed by atoms with Crippen molar-refractivity contribution in [3.8, 4) is 5.75 Å². The highest BCUT2D eigenvalue weighted by Crippen LogP contribution is 2.17. The van der Waals surface area contributed by atoms with E-state index in [9.17, 15) is 9.90 Å². The van der Waals surface area contributed by atoms with Crippen molar-refractivity contribution in [1.82, 2.24) is 5.32 Å². The number of carbonyl (C=O) groups is 1. The summed E-state index contributed by atoms with van der Waals surface area (Å²) in [5, 5.41) is 12.2. The molecule has 0 aliphatic heterocycles. The largest absolute Gasteiger partial charge is 0.508 e. The molecule has 4 N–H and O–H groups in total. The van der Waals surface area contributed by atoms with Gasteiger partial charge in [0.25, 0.3) is 0 Å². The minimum atomic E-state index is -0.501. The summed E-state index contributed by atoms with van der Waals surface area (Å²) in [6.45, 7) is 7.85. The smallest absolute Gasteiger partial charge is 0.237 e. The van der Waals surface area contributed by atoms with E-state index in [0.717, 1.165) is 18.4 Å². The van der Waals surface area contributed by atoms with E-state index in [2.05, 4.69) is 5.32 Å². The van der Waals surface area contributed by atoms with Gasteiger partial charge in [-0.2, -0.15) is 0 Å². The van der Waals surface area contributed by atoms with Gasteiger partial charge < -0.3 is 16.2 Å². The third kappa shape index (κ3) is 5.21. The molecule has 112 valence electrons. The molecular formula is C16H26N2O2. The summed E-state index contributed by atoms with van der Waals surface area (Å²) in [4.78, 5) is 12.0. The van der Waals surface area contributed by atoms with Gasteiger partial charge in [-0.3, -0.25) is 4.79 Å². The van der Waals surface area contributed by atoms with Gasteiger partial charge in [-0.25, -0.2) is 0 Å². The number of benzene rings is 1. The number of aromatic hydroxyl groups is 1. The lowest BCUT2D eigenvalue weighted by Gasteiger charge is -2.27. The van der Waals surface area contributed by atoms with Crippen molar-refractivity contribution in [2.45, 2.75) is 52.6 Å².